The molecule has 0 spiro atoms. The molecule has 0 saturated heterocycles. The van der Waals surface area contributed by atoms with Crippen LogP contribution >= 0.6 is 0 Å². The van der Waals surface area contributed by atoms with Crippen molar-refractivity contribution in [3.05, 3.63) is 12.7 Å². The van der Waals surface area contributed by atoms with Gasteiger partial charge in [0.05, 0.1) is 0 Å². The molecule has 0 nitrogen and oxygen atoms in total. The third kappa shape index (κ3) is 19.9. The minimum Gasteiger partial charge on any atom is -0.103 e. The fourth-order valence-corrected chi connectivity index (χ4v) is 3.90. The number of hydrogen-bond acceptors (Lipinski definition) is 0. The summed E-state index contributed by atoms with van der Waals surface area (Å²) in [5.74, 6) is 1.02. The molecule has 0 aromatic carbocycles. The van der Waals surface area contributed by atoms with Crippen molar-refractivity contribution in [1.29, 1.82) is 0 Å². The molecule has 0 aliphatic heterocycles. The quantitative estimate of drug-likeness (QED) is 0.143. The second-order valence-electron chi connectivity index (χ2n) is 8.23. The Hall–Kier alpha value is -0.260. The molecule has 25 heavy (non-hydrogen) atoms. The molecule has 1 unspecified atom stereocenters. The van der Waals surface area contributed by atoms with Crippen molar-refractivity contribution < 1.29 is 0 Å². The van der Waals surface area contributed by atoms with E-state index in [1.54, 1.807) is 0 Å². The smallest absolute Gasteiger partial charge is 0.0353 e. The maximum atomic E-state index is 3.79. The van der Waals surface area contributed by atoms with Gasteiger partial charge in [-0.05, 0) is 18.8 Å². The summed E-state index contributed by atoms with van der Waals surface area (Å²) < 4.78 is 0. The number of hydrogen-bond donors (Lipinski definition) is 0. The van der Waals surface area contributed by atoms with Gasteiger partial charge in [0, 0.05) is 0 Å². The van der Waals surface area contributed by atoms with Gasteiger partial charge < -0.3 is 0 Å². The fourth-order valence-electron chi connectivity index (χ4n) is 3.90. The average molecular weight is 351 g/mol. The molecule has 0 aliphatic carbocycles. The van der Waals surface area contributed by atoms with E-state index in [0.29, 0.717) is 0 Å². The van der Waals surface area contributed by atoms with Gasteiger partial charge in [-0.3, -0.25) is 0 Å². The highest BCUT2D eigenvalue weighted by Crippen LogP contribution is 2.21. The lowest BCUT2D eigenvalue weighted by Crippen LogP contribution is -1.99. The molecule has 0 heterocycles. The summed E-state index contributed by atoms with van der Waals surface area (Å²) in [5.41, 5.74) is 0. The predicted octanol–water partition coefficient (Wildman–Crippen LogP) is 9.63. The predicted molar refractivity (Wildman–Crippen MR) is 117 cm³/mol. The lowest BCUT2D eigenvalue weighted by atomic mass is 9.92. The summed E-state index contributed by atoms with van der Waals surface area (Å²) in [4.78, 5) is 0. The summed E-state index contributed by atoms with van der Waals surface area (Å²) in [5, 5.41) is 0. The van der Waals surface area contributed by atoms with Crippen LogP contribution in [0.5, 0.6) is 0 Å². The third-order valence-electron chi connectivity index (χ3n) is 5.81. The lowest BCUT2D eigenvalue weighted by Gasteiger charge is -2.14. The molecular weight excluding hydrogens is 300 g/mol. The standard InChI is InChI=1S/C25H50/c1-4-7-9-11-12-13-14-15-16-17-18-20-22-24-25(6-3)23-21-19-10-8-5-2/h4,25H,1,5-24H2,2-3H3. The Morgan fingerprint density at radius 1 is 0.560 bits per heavy atom. The van der Waals surface area contributed by atoms with E-state index in [1.807, 2.05) is 0 Å². The van der Waals surface area contributed by atoms with Crippen LogP contribution in [-0.4, -0.2) is 0 Å². The summed E-state index contributed by atoms with van der Waals surface area (Å²) in [6.07, 6.45) is 30.8. The molecule has 1 atom stereocenters. The van der Waals surface area contributed by atoms with Crippen molar-refractivity contribution in [2.24, 2.45) is 5.92 Å². The molecule has 0 saturated carbocycles. The maximum absolute atomic E-state index is 3.79. The van der Waals surface area contributed by atoms with Crippen molar-refractivity contribution in [3.8, 4) is 0 Å². The molecule has 0 bridgehead atoms. The Kier molecular flexibility index (Phi) is 21.6. The van der Waals surface area contributed by atoms with E-state index in [9.17, 15) is 0 Å². The largest absolute Gasteiger partial charge is 0.103 e. The van der Waals surface area contributed by atoms with Crippen molar-refractivity contribution in [1.82, 2.24) is 0 Å². The Balaban J connectivity index is 3.23. The molecule has 0 aliphatic rings. The molecule has 0 heteroatoms. The van der Waals surface area contributed by atoms with Gasteiger partial charge in [-0.1, -0.05) is 135 Å². The minimum absolute atomic E-state index is 1.02. The van der Waals surface area contributed by atoms with Crippen molar-refractivity contribution in [3.63, 3.8) is 0 Å². The van der Waals surface area contributed by atoms with Crippen LogP contribution in [0.2, 0.25) is 0 Å². The van der Waals surface area contributed by atoms with Gasteiger partial charge >= 0.3 is 0 Å². The van der Waals surface area contributed by atoms with E-state index in [0.717, 1.165) is 5.92 Å². The number of allylic oxidation sites excluding steroid dienone is 1. The van der Waals surface area contributed by atoms with Crippen LogP contribution in [0.1, 0.15) is 142 Å². The molecule has 150 valence electrons. The Morgan fingerprint density at radius 3 is 1.36 bits per heavy atom. The first-order chi connectivity index (χ1) is 12.3. The van der Waals surface area contributed by atoms with Crippen LogP contribution in [0.4, 0.5) is 0 Å². The second-order valence-corrected chi connectivity index (χ2v) is 8.23. The molecular formula is C25H50. The van der Waals surface area contributed by atoms with Crippen molar-refractivity contribution >= 4 is 0 Å². The number of unbranched alkanes of at least 4 members (excludes halogenated alkanes) is 15. The lowest BCUT2D eigenvalue weighted by molar-refractivity contribution is 0.393. The molecule has 0 N–H and O–H groups in total. The molecule has 0 fully saturated rings. The molecule has 0 radical (unpaired) electrons. The normalized spacial score (nSPS) is 12.4. The van der Waals surface area contributed by atoms with Crippen LogP contribution in [0.25, 0.3) is 0 Å². The first-order valence-electron chi connectivity index (χ1n) is 12.0. The highest BCUT2D eigenvalue weighted by Gasteiger charge is 2.05. The number of rotatable bonds is 21. The van der Waals surface area contributed by atoms with Gasteiger partial charge in [0.1, 0.15) is 0 Å². The zero-order valence-corrected chi connectivity index (χ0v) is 18.0. The van der Waals surface area contributed by atoms with Gasteiger partial charge in [0.25, 0.3) is 0 Å². The Morgan fingerprint density at radius 2 is 0.960 bits per heavy atom. The van der Waals surface area contributed by atoms with E-state index in [-0.39, 0.29) is 0 Å². The third-order valence-corrected chi connectivity index (χ3v) is 5.81. The summed E-state index contributed by atoms with van der Waals surface area (Å²) in [7, 11) is 0. The minimum atomic E-state index is 1.02. The first kappa shape index (κ1) is 24.7. The molecule has 0 aromatic heterocycles. The zero-order valence-electron chi connectivity index (χ0n) is 18.0. The Labute approximate surface area is 161 Å². The van der Waals surface area contributed by atoms with Gasteiger partial charge in [-0.25, -0.2) is 0 Å². The maximum Gasteiger partial charge on any atom is -0.0353 e. The highest BCUT2D eigenvalue weighted by molar-refractivity contribution is 4.65. The Bertz CT molecular complexity index is 242. The van der Waals surface area contributed by atoms with Crippen LogP contribution in [0.15, 0.2) is 12.7 Å². The highest BCUT2D eigenvalue weighted by atomic mass is 14.1. The molecule has 0 rings (SSSR count). The van der Waals surface area contributed by atoms with E-state index < -0.39 is 0 Å². The monoisotopic (exact) mass is 350 g/mol. The van der Waals surface area contributed by atoms with Crippen LogP contribution < -0.4 is 0 Å². The van der Waals surface area contributed by atoms with Gasteiger partial charge in [0.2, 0.25) is 0 Å². The second kappa shape index (κ2) is 21.8. The van der Waals surface area contributed by atoms with Crippen LogP contribution in [-0.2, 0) is 0 Å². The summed E-state index contributed by atoms with van der Waals surface area (Å²) in [6, 6.07) is 0. The first-order valence-corrected chi connectivity index (χ1v) is 12.0. The topological polar surface area (TPSA) is 0 Å². The van der Waals surface area contributed by atoms with E-state index >= 15 is 0 Å². The summed E-state index contributed by atoms with van der Waals surface area (Å²) in [6.45, 7) is 8.49. The van der Waals surface area contributed by atoms with Crippen LogP contribution in [0, 0.1) is 5.92 Å². The van der Waals surface area contributed by atoms with E-state index in [4.69, 9.17) is 0 Å². The van der Waals surface area contributed by atoms with E-state index in [2.05, 4.69) is 26.5 Å². The summed E-state index contributed by atoms with van der Waals surface area (Å²) >= 11 is 0. The van der Waals surface area contributed by atoms with Gasteiger partial charge in [-0.2, -0.15) is 0 Å². The van der Waals surface area contributed by atoms with Crippen molar-refractivity contribution in [2.45, 2.75) is 142 Å². The van der Waals surface area contributed by atoms with E-state index in [1.165, 1.54) is 128 Å². The zero-order chi connectivity index (χ0) is 18.4. The molecule has 0 amide bonds. The van der Waals surface area contributed by atoms with Gasteiger partial charge in [0.15, 0.2) is 0 Å². The van der Waals surface area contributed by atoms with Crippen molar-refractivity contribution in [2.75, 3.05) is 0 Å². The fraction of sp³-hybridized carbons (Fsp3) is 0.920. The SMILES string of the molecule is C=CCCCCCCCCCCCCCC(CC)CCCCCCC. The van der Waals surface area contributed by atoms with Gasteiger partial charge in [-0.15, -0.1) is 6.58 Å². The molecule has 0 aromatic rings. The average Bonchev–Trinajstić information content (AvgIpc) is 2.63. The van der Waals surface area contributed by atoms with Crippen LogP contribution in [0.3, 0.4) is 0 Å².